The highest BCUT2D eigenvalue weighted by Crippen LogP contribution is 2.27. The average Bonchev–Trinajstić information content (AvgIpc) is 2.46. The third-order valence-corrected chi connectivity index (χ3v) is 3.50. The molecule has 0 amide bonds. The number of ether oxygens (including phenoxy) is 3. The molecule has 0 aliphatic carbocycles. The van der Waals surface area contributed by atoms with Crippen LogP contribution in [0, 0.1) is 0 Å². The molecular formula is C17H27NO3. The van der Waals surface area contributed by atoms with E-state index in [0.29, 0.717) is 6.61 Å². The summed E-state index contributed by atoms with van der Waals surface area (Å²) in [5.41, 5.74) is 1.22. The fourth-order valence-electron chi connectivity index (χ4n) is 2.26. The minimum Gasteiger partial charge on any atom is -0.497 e. The molecule has 0 spiro atoms. The van der Waals surface area contributed by atoms with Gasteiger partial charge in [-0.2, -0.15) is 0 Å². The van der Waals surface area contributed by atoms with Gasteiger partial charge in [0.15, 0.2) is 0 Å². The Morgan fingerprint density at radius 2 is 2.14 bits per heavy atom. The van der Waals surface area contributed by atoms with Crippen molar-refractivity contribution in [1.29, 1.82) is 0 Å². The Bertz CT molecular complexity index is 448. The zero-order valence-corrected chi connectivity index (χ0v) is 13.6. The van der Waals surface area contributed by atoms with Crippen LogP contribution in [0.1, 0.15) is 39.2 Å². The van der Waals surface area contributed by atoms with E-state index in [0.717, 1.165) is 43.1 Å². The van der Waals surface area contributed by atoms with Crippen LogP contribution in [0.5, 0.6) is 11.5 Å². The molecule has 1 unspecified atom stereocenters. The molecule has 1 aromatic carbocycles. The van der Waals surface area contributed by atoms with E-state index in [1.165, 1.54) is 0 Å². The molecule has 1 saturated heterocycles. The third kappa shape index (κ3) is 5.21. The standard InChI is InChI=1S/C17H27NO3/c1-17(2,3)18-11-13-7-8-14(19-4)10-16(13)21-15-6-5-9-20-12-15/h7-8,10,15,18H,5-6,9,11-12H2,1-4H3. The maximum absolute atomic E-state index is 6.15. The second kappa shape index (κ2) is 7.14. The Balaban J connectivity index is 2.10. The molecule has 4 heteroatoms. The summed E-state index contributed by atoms with van der Waals surface area (Å²) in [6.45, 7) is 8.76. The second-order valence-electron chi connectivity index (χ2n) is 6.53. The summed E-state index contributed by atoms with van der Waals surface area (Å²) in [4.78, 5) is 0. The first-order chi connectivity index (χ1) is 9.98. The topological polar surface area (TPSA) is 39.7 Å². The third-order valence-electron chi connectivity index (χ3n) is 3.50. The van der Waals surface area contributed by atoms with E-state index in [9.17, 15) is 0 Å². The maximum atomic E-state index is 6.15. The quantitative estimate of drug-likeness (QED) is 0.905. The lowest BCUT2D eigenvalue weighted by molar-refractivity contribution is 0.00690. The molecule has 21 heavy (non-hydrogen) atoms. The van der Waals surface area contributed by atoms with Crippen molar-refractivity contribution >= 4 is 0 Å². The van der Waals surface area contributed by atoms with E-state index in [4.69, 9.17) is 14.2 Å². The lowest BCUT2D eigenvalue weighted by Crippen LogP contribution is -2.35. The fraction of sp³-hybridized carbons (Fsp3) is 0.647. The van der Waals surface area contributed by atoms with Crippen molar-refractivity contribution in [1.82, 2.24) is 5.32 Å². The number of benzene rings is 1. The van der Waals surface area contributed by atoms with Crippen molar-refractivity contribution in [2.45, 2.75) is 51.8 Å². The van der Waals surface area contributed by atoms with Crippen molar-refractivity contribution in [3.8, 4) is 11.5 Å². The van der Waals surface area contributed by atoms with Crippen LogP contribution in [-0.4, -0.2) is 32.0 Å². The van der Waals surface area contributed by atoms with Gasteiger partial charge in [-0.1, -0.05) is 6.07 Å². The first-order valence-corrected chi connectivity index (χ1v) is 7.64. The average molecular weight is 293 g/mol. The summed E-state index contributed by atoms with van der Waals surface area (Å²) in [7, 11) is 1.68. The Morgan fingerprint density at radius 3 is 2.76 bits per heavy atom. The molecular weight excluding hydrogens is 266 g/mol. The Hall–Kier alpha value is -1.26. The van der Waals surface area contributed by atoms with Gasteiger partial charge in [-0.15, -0.1) is 0 Å². The Labute approximate surface area is 127 Å². The highest BCUT2D eigenvalue weighted by molar-refractivity contribution is 5.41. The van der Waals surface area contributed by atoms with Crippen LogP contribution >= 0.6 is 0 Å². The van der Waals surface area contributed by atoms with Gasteiger partial charge in [-0.3, -0.25) is 0 Å². The fourth-order valence-corrected chi connectivity index (χ4v) is 2.26. The highest BCUT2D eigenvalue weighted by atomic mass is 16.5. The van der Waals surface area contributed by atoms with Crippen molar-refractivity contribution in [2.75, 3.05) is 20.3 Å². The van der Waals surface area contributed by atoms with E-state index >= 15 is 0 Å². The number of nitrogens with one attached hydrogen (secondary N) is 1. The van der Waals surface area contributed by atoms with Crippen LogP contribution in [-0.2, 0) is 11.3 Å². The van der Waals surface area contributed by atoms with Crippen molar-refractivity contribution in [3.63, 3.8) is 0 Å². The number of methoxy groups -OCH3 is 1. The molecule has 1 aliphatic heterocycles. The molecule has 2 rings (SSSR count). The molecule has 1 atom stereocenters. The zero-order valence-electron chi connectivity index (χ0n) is 13.6. The lowest BCUT2D eigenvalue weighted by atomic mass is 10.1. The number of rotatable bonds is 5. The molecule has 1 heterocycles. The molecule has 0 saturated carbocycles. The Morgan fingerprint density at radius 1 is 1.33 bits per heavy atom. The van der Waals surface area contributed by atoms with Gasteiger partial charge in [0.1, 0.15) is 17.6 Å². The van der Waals surface area contributed by atoms with Gasteiger partial charge in [-0.25, -0.2) is 0 Å². The summed E-state index contributed by atoms with van der Waals surface area (Å²) in [6, 6.07) is 6.01. The summed E-state index contributed by atoms with van der Waals surface area (Å²) in [5, 5.41) is 3.50. The normalized spacial score (nSPS) is 19.3. The van der Waals surface area contributed by atoms with Crippen molar-refractivity contribution in [2.24, 2.45) is 0 Å². The molecule has 1 N–H and O–H groups in total. The molecule has 1 aromatic rings. The van der Waals surface area contributed by atoms with Gasteiger partial charge in [0.25, 0.3) is 0 Å². The van der Waals surface area contributed by atoms with Gasteiger partial charge in [-0.05, 0) is 39.7 Å². The van der Waals surface area contributed by atoms with Crippen molar-refractivity contribution < 1.29 is 14.2 Å². The van der Waals surface area contributed by atoms with E-state index in [1.807, 2.05) is 12.1 Å². The monoisotopic (exact) mass is 293 g/mol. The van der Waals surface area contributed by atoms with Gasteiger partial charge >= 0.3 is 0 Å². The van der Waals surface area contributed by atoms with Gasteiger partial charge in [0.2, 0.25) is 0 Å². The summed E-state index contributed by atoms with van der Waals surface area (Å²) >= 11 is 0. The van der Waals surface area contributed by atoms with E-state index < -0.39 is 0 Å². The van der Waals surface area contributed by atoms with Crippen LogP contribution in [0.3, 0.4) is 0 Å². The minimum atomic E-state index is 0.0746. The van der Waals surface area contributed by atoms with E-state index in [1.54, 1.807) is 7.11 Å². The molecule has 1 aliphatic rings. The zero-order chi connectivity index (χ0) is 15.3. The molecule has 0 bridgehead atoms. The van der Waals surface area contributed by atoms with Gasteiger partial charge in [0.05, 0.1) is 13.7 Å². The van der Waals surface area contributed by atoms with Crippen LogP contribution in [0.4, 0.5) is 0 Å². The summed E-state index contributed by atoms with van der Waals surface area (Å²) < 4.78 is 17.0. The van der Waals surface area contributed by atoms with Crippen LogP contribution < -0.4 is 14.8 Å². The van der Waals surface area contributed by atoms with Crippen LogP contribution in [0.15, 0.2) is 18.2 Å². The molecule has 1 fully saturated rings. The molecule has 4 nitrogen and oxygen atoms in total. The van der Waals surface area contributed by atoms with Crippen LogP contribution in [0.25, 0.3) is 0 Å². The number of hydrogen-bond donors (Lipinski definition) is 1. The van der Waals surface area contributed by atoms with E-state index in [-0.39, 0.29) is 11.6 Å². The van der Waals surface area contributed by atoms with E-state index in [2.05, 4.69) is 32.2 Å². The van der Waals surface area contributed by atoms with Crippen LogP contribution in [0.2, 0.25) is 0 Å². The molecule has 118 valence electrons. The predicted octanol–water partition coefficient (Wildman–Crippen LogP) is 3.14. The maximum Gasteiger partial charge on any atom is 0.128 e. The largest absolute Gasteiger partial charge is 0.497 e. The molecule has 0 aromatic heterocycles. The second-order valence-corrected chi connectivity index (χ2v) is 6.53. The first kappa shape index (κ1) is 16.1. The Kier molecular flexibility index (Phi) is 5.48. The van der Waals surface area contributed by atoms with Gasteiger partial charge < -0.3 is 19.5 Å². The predicted molar refractivity (Wildman–Crippen MR) is 84.1 cm³/mol. The van der Waals surface area contributed by atoms with Gasteiger partial charge in [0, 0.05) is 30.3 Å². The molecule has 0 radical (unpaired) electrons. The summed E-state index contributed by atoms with van der Waals surface area (Å²) in [5.74, 6) is 1.71. The SMILES string of the molecule is COc1ccc(CNC(C)(C)C)c(OC2CCCOC2)c1. The smallest absolute Gasteiger partial charge is 0.128 e. The minimum absolute atomic E-state index is 0.0746. The summed E-state index contributed by atoms with van der Waals surface area (Å²) in [6.07, 6.45) is 2.24. The van der Waals surface area contributed by atoms with Crippen molar-refractivity contribution in [3.05, 3.63) is 23.8 Å². The lowest BCUT2D eigenvalue weighted by Gasteiger charge is -2.26. The highest BCUT2D eigenvalue weighted by Gasteiger charge is 2.18. The number of hydrogen-bond acceptors (Lipinski definition) is 4. The first-order valence-electron chi connectivity index (χ1n) is 7.64.